The van der Waals surface area contributed by atoms with Crippen molar-refractivity contribution in [1.29, 1.82) is 0 Å². The van der Waals surface area contributed by atoms with Gasteiger partial charge in [-0.15, -0.1) is 0 Å². The summed E-state index contributed by atoms with van der Waals surface area (Å²) in [5, 5.41) is 0. The summed E-state index contributed by atoms with van der Waals surface area (Å²) in [5.74, 6) is 1.67. The monoisotopic (exact) mass is 499 g/mol. The molecule has 1 aliphatic carbocycles. The zero-order chi connectivity index (χ0) is 28.3. The molecule has 0 atom stereocenters. The van der Waals surface area contributed by atoms with Crippen molar-refractivity contribution in [3.63, 3.8) is 0 Å². The molecule has 2 heteroatoms. The second-order valence-corrected chi connectivity index (χ2v) is 10.1. The molecule has 0 saturated heterocycles. The van der Waals surface area contributed by atoms with Crippen LogP contribution in [-0.4, -0.2) is 19.0 Å². The summed E-state index contributed by atoms with van der Waals surface area (Å²) < 4.78 is 0. The minimum absolute atomic E-state index is 0. The van der Waals surface area contributed by atoms with Gasteiger partial charge in [0.2, 0.25) is 0 Å². The normalized spacial score (nSPS) is 12.7. The van der Waals surface area contributed by atoms with Crippen molar-refractivity contribution in [1.82, 2.24) is 0 Å². The van der Waals surface area contributed by atoms with Crippen LogP contribution in [0.15, 0.2) is 34.4 Å². The van der Waals surface area contributed by atoms with Crippen molar-refractivity contribution in [2.45, 2.75) is 157 Å². The SMILES string of the molecule is C.C1=CCN=C1.C1=CN=CC1.C1CCCC1.CC.CC.CC.CC(C)(C)C.CC(C)C.CC(C)C. The maximum absolute atomic E-state index is 3.85. The lowest BCUT2D eigenvalue weighted by Crippen LogP contribution is -1.93. The van der Waals surface area contributed by atoms with Gasteiger partial charge in [-0.3, -0.25) is 9.98 Å². The first kappa shape index (κ1) is 50.6. The molecule has 3 aliphatic rings. The molecule has 3 rings (SSSR count). The zero-order valence-corrected chi connectivity index (χ0v) is 27.0. The lowest BCUT2D eigenvalue weighted by molar-refractivity contribution is 0.469. The third-order valence-electron chi connectivity index (χ3n) is 2.33. The number of rotatable bonds is 0. The molecule has 35 heavy (non-hydrogen) atoms. The van der Waals surface area contributed by atoms with Gasteiger partial charge in [0.1, 0.15) is 0 Å². The molecule has 0 radical (unpaired) electrons. The standard InChI is InChI=1S/C5H10.C5H12.2C4H5N.2C4H10.3C2H6.CH4/c1-2-4-5-3-1;1-5(2,3)4;2*1-2-4-5-3-1;2*1-4(2)3;3*1-2;/h1-5H2;1-4H3;1,3-4H,2H2;1-3H,4H2;2*4H,1-3H3;3*1-2H3;1H4. The summed E-state index contributed by atoms with van der Waals surface area (Å²) >= 11 is 0. The van der Waals surface area contributed by atoms with Crippen molar-refractivity contribution in [2.75, 3.05) is 6.54 Å². The maximum atomic E-state index is 3.85. The van der Waals surface area contributed by atoms with Crippen LogP contribution in [0, 0.1) is 17.3 Å². The van der Waals surface area contributed by atoms with E-state index in [1.165, 1.54) is 32.1 Å². The topological polar surface area (TPSA) is 24.7 Å². The molecule has 1 saturated carbocycles. The van der Waals surface area contributed by atoms with E-state index < -0.39 is 0 Å². The molecule has 2 nitrogen and oxygen atoms in total. The van der Waals surface area contributed by atoms with Crippen LogP contribution in [0.25, 0.3) is 0 Å². The van der Waals surface area contributed by atoms with Crippen molar-refractivity contribution >= 4 is 12.4 Å². The molecular formula is C33H74N2. The fourth-order valence-corrected chi connectivity index (χ4v) is 1.49. The van der Waals surface area contributed by atoms with Crippen molar-refractivity contribution < 1.29 is 0 Å². The number of hydrogen-bond acceptors (Lipinski definition) is 2. The molecule has 0 spiro atoms. The molecule has 1 fully saturated rings. The molecular weight excluding hydrogens is 424 g/mol. The van der Waals surface area contributed by atoms with Gasteiger partial charge < -0.3 is 0 Å². The van der Waals surface area contributed by atoms with Gasteiger partial charge in [-0.05, 0) is 23.3 Å². The largest absolute Gasteiger partial charge is 0.289 e. The first-order valence-corrected chi connectivity index (χ1v) is 14.3. The third-order valence-corrected chi connectivity index (χ3v) is 2.33. The van der Waals surface area contributed by atoms with E-state index in [1.54, 1.807) is 12.4 Å². The molecule has 0 unspecified atom stereocenters. The van der Waals surface area contributed by atoms with Gasteiger partial charge in [0.15, 0.2) is 0 Å². The quantitative estimate of drug-likeness (QED) is 0.317. The van der Waals surface area contributed by atoms with Crippen LogP contribution in [0.5, 0.6) is 0 Å². The van der Waals surface area contributed by atoms with Crippen molar-refractivity contribution in [3.05, 3.63) is 24.4 Å². The van der Waals surface area contributed by atoms with Gasteiger partial charge in [0, 0.05) is 25.0 Å². The van der Waals surface area contributed by atoms with E-state index in [9.17, 15) is 0 Å². The minimum atomic E-state index is 0. The van der Waals surface area contributed by atoms with E-state index in [-0.39, 0.29) is 7.43 Å². The summed E-state index contributed by atoms with van der Waals surface area (Å²) in [4.78, 5) is 7.62. The van der Waals surface area contributed by atoms with Crippen LogP contribution >= 0.6 is 0 Å². The van der Waals surface area contributed by atoms with E-state index >= 15 is 0 Å². The molecule has 0 aromatic rings. The van der Waals surface area contributed by atoms with E-state index in [2.05, 4.69) is 79.2 Å². The summed E-state index contributed by atoms with van der Waals surface area (Å²) in [6.07, 6.45) is 20.0. The van der Waals surface area contributed by atoms with E-state index in [4.69, 9.17) is 0 Å². The van der Waals surface area contributed by atoms with Crippen molar-refractivity contribution in [3.8, 4) is 0 Å². The Kier molecular flexibility index (Phi) is 72.1. The minimum Gasteiger partial charge on any atom is -0.289 e. The molecule has 0 bridgehead atoms. The molecule has 0 aromatic heterocycles. The lowest BCUT2D eigenvalue weighted by atomic mass is 10.0. The maximum Gasteiger partial charge on any atom is 0.0573 e. The van der Waals surface area contributed by atoms with Gasteiger partial charge in [-0.1, -0.05) is 162 Å². The second kappa shape index (κ2) is 49.8. The molecule has 2 aliphatic heterocycles. The van der Waals surface area contributed by atoms with E-state index in [0.29, 0.717) is 5.41 Å². The second-order valence-electron chi connectivity index (χ2n) is 10.1. The fourth-order valence-electron chi connectivity index (χ4n) is 1.49. The summed E-state index contributed by atoms with van der Waals surface area (Å²) in [6.45, 7) is 34.6. The van der Waals surface area contributed by atoms with Crippen molar-refractivity contribution in [2.24, 2.45) is 27.2 Å². The Morgan fingerprint density at radius 3 is 1.03 bits per heavy atom. The van der Waals surface area contributed by atoms with Crippen LogP contribution in [0.2, 0.25) is 0 Å². The molecule has 0 amide bonds. The highest BCUT2D eigenvalue weighted by Gasteiger charge is 1.96. The van der Waals surface area contributed by atoms with Gasteiger partial charge >= 0.3 is 0 Å². The Bertz CT molecular complexity index is 323. The van der Waals surface area contributed by atoms with Crippen LogP contribution in [-0.2, 0) is 0 Å². The first-order chi connectivity index (χ1) is 16.0. The van der Waals surface area contributed by atoms with E-state index in [1.807, 2.05) is 66.0 Å². The van der Waals surface area contributed by atoms with Gasteiger partial charge in [0.05, 0.1) is 6.54 Å². The highest BCUT2D eigenvalue weighted by Crippen LogP contribution is 2.15. The van der Waals surface area contributed by atoms with E-state index in [0.717, 1.165) is 24.8 Å². The van der Waals surface area contributed by atoms with Gasteiger partial charge in [0.25, 0.3) is 0 Å². The zero-order valence-electron chi connectivity index (χ0n) is 27.0. The molecule has 0 aromatic carbocycles. The Labute approximate surface area is 227 Å². The number of aliphatic imine (C=N–C) groups is 2. The van der Waals surface area contributed by atoms with Gasteiger partial charge in [-0.25, -0.2) is 0 Å². The highest BCUT2D eigenvalue weighted by molar-refractivity contribution is 5.73. The smallest absolute Gasteiger partial charge is 0.0573 e. The Morgan fingerprint density at radius 1 is 0.629 bits per heavy atom. The summed E-state index contributed by atoms with van der Waals surface area (Å²) in [5.41, 5.74) is 0.500. The highest BCUT2D eigenvalue weighted by atomic mass is 14.7. The predicted octanol–water partition coefficient (Wildman–Crippen LogP) is 12.6. The average Bonchev–Trinajstić information content (AvgIpc) is 3.58. The Balaban J connectivity index is -0.0000000514. The van der Waals surface area contributed by atoms with Gasteiger partial charge in [-0.2, -0.15) is 0 Å². The predicted molar refractivity (Wildman–Crippen MR) is 175 cm³/mol. The number of allylic oxidation sites excluding steroid dienone is 2. The average molecular weight is 499 g/mol. The number of nitrogens with zero attached hydrogens (tertiary/aromatic N) is 2. The van der Waals surface area contributed by atoms with Crippen LogP contribution in [0.1, 0.15) is 157 Å². The summed E-state index contributed by atoms with van der Waals surface area (Å²) in [7, 11) is 0. The Hall–Kier alpha value is -1.18. The third kappa shape index (κ3) is 163. The first-order valence-electron chi connectivity index (χ1n) is 14.3. The van der Waals surface area contributed by atoms with Crippen LogP contribution in [0.3, 0.4) is 0 Å². The molecule has 216 valence electrons. The molecule has 2 heterocycles. The number of hydrogen-bond donors (Lipinski definition) is 0. The Morgan fingerprint density at radius 2 is 0.943 bits per heavy atom. The molecule has 0 N–H and O–H groups in total. The van der Waals surface area contributed by atoms with Crippen LogP contribution < -0.4 is 0 Å². The fraction of sp³-hybridized carbons (Fsp3) is 0.818. The lowest BCUT2D eigenvalue weighted by Gasteiger charge is -2.05. The summed E-state index contributed by atoms with van der Waals surface area (Å²) in [6, 6.07) is 0. The van der Waals surface area contributed by atoms with Crippen LogP contribution in [0.4, 0.5) is 0 Å².